The fourth-order valence-electron chi connectivity index (χ4n) is 2.72. The van der Waals surface area contributed by atoms with E-state index in [-0.39, 0.29) is 10.6 Å². The molecule has 0 radical (unpaired) electrons. The van der Waals surface area contributed by atoms with Crippen molar-refractivity contribution in [1.82, 2.24) is 4.98 Å². The largest absolute Gasteiger partial charge is 0.378 e. The summed E-state index contributed by atoms with van der Waals surface area (Å²) in [5.74, 6) is 0.274. The summed E-state index contributed by atoms with van der Waals surface area (Å²) in [5, 5.41) is 1.59. The standard InChI is InChI=1S/C20H15NO3S/c1-14-9-11-16(12-10-14)25(22,23)24-20-8-4-7-19-17(20)13-15-5-2-3-6-18(15)21-19/h2-13H,1H3. The van der Waals surface area contributed by atoms with Crippen molar-refractivity contribution in [3.8, 4) is 5.75 Å². The van der Waals surface area contributed by atoms with E-state index in [1.54, 1.807) is 36.4 Å². The van der Waals surface area contributed by atoms with Gasteiger partial charge in [0.25, 0.3) is 0 Å². The Hall–Kier alpha value is -2.92. The Balaban J connectivity index is 1.83. The maximum absolute atomic E-state index is 12.6. The van der Waals surface area contributed by atoms with Crippen LogP contribution in [0, 0.1) is 6.92 Å². The van der Waals surface area contributed by atoms with Crippen LogP contribution in [0.1, 0.15) is 5.56 Å². The van der Waals surface area contributed by atoms with E-state index in [0.717, 1.165) is 16.5 Å². The number of hydrogen-bond acceptors (Lipinski definition) is 4. The highest BCUT2D eigenvalue weighted by atomic mass is 32.2. The van der Waals surface area contributed by atoms with Crippen LogP contribution in [0.3, 0.4) is 0 Å². The zero-order chi connectivity index (χ0) is 17.4. The van der Waals surface area contributed by atoms with Gasteiger partial charge in [-0.1, -0.05) is 42.0 Å². The van der Waals surface area contributed by atoms with Crippen molar-refractivity contribution >= 4 is 31.9 Å². The predicted octanol–water partition coefficient (Wildman–Crippen LogP) is 4.46. The lowest BCUT2D eigenvalue weighted by Crippen LogP contribution is -2.10. The average molecular weight is 349 g/mol. The maximum atomic E-state index is 12.6. The van der Waals surface area contributed by atoms with Gasteiger partial charge in [0.05, 0.1) is 11.0 Å². The van der Waals surface area contributed by atoms with Gasteiger partial charge in [-0.3, -0.25) is 0 Å². The fourth-order valence-corrected chi connectivity index (χ4v) is 3.66. The van der Waals surface area contributed by atoms with E-state index in [4.69, 9.17) is 4.18 Å². The van der Waals surface area contributed by atoms with E-state index in [1.807, 2.05) is 43.3 Å². The minimum atomic E-state index is -3.90. The Morgan fingerprint density at radius 3 is 2.36 bits per heavy atom. The lowest BCUT2D eigenvalue weighted by Gasteiger charge is -2.10. The predicted molar refractivity (Wildman–Crippen MR) is 98.2 cm³/mol. The van der Waals surface area contributed by atoms with E-state index in [1.165, 1.54) is 0 Å². The molecule has 0 unspecified atom stereocenters. The van der Waals surface area contributed by atoms with Crippen LogP contribution in [0.2, 0.25) is 0 Å². The van der Waals surface area contributed by atoms with Gasteiger partial charge < -0.3 is 4.18 Å². The zero-order valence-corrected chi connectivity index (χ0v) is 14.3. The Kier molecular flexibility index (Phi) is 3.66. The fraction of sp³-hybridized carbons (Fsp3) is 0.0500. The topological polar surface area (TPSA) is 56.3 Å². The molecule has 0 atom stereocenters. The molecule has 4 rings (SSSR count). The highest BCUT2D eigenvalue weighted by Gasteiger charge is 2.18. The number of aryl methyl sites for hydroxylation is 1. The third-order valence-corrected chi connectivity index (χ3v) is 5.28. The van der Waals surface area contributed by atoms with E-state index in [0.29, 0.717) is 10.9 Å². The van der Waals surface area contributed by atoms with Crippen molar-refractivity contribution < 1.29 is 12.6 Å². The summed E-state index contributed by atoms with van der Waals surface area (Å²) in [4.78, 5) is 4.71. The molecule has 3 aromatic carbocycles. The van der Waals surface area contributed by atoms with Gasteiger partial charge in [0.1, 0.15) is 4.90 Å². The lowest BCUT2D eigenvalue weighted by molar-refractivity contribution is 0.488. The van der Waals surface area contributed by atoms with Crippen LogP contribution in [-0.4, -0.2) is 13.4 Å². The molecule has 0 N–H and O–H groups in total. The molecule has 4 nitrogen and oxygen atoms in total. The van der Waals surface area contributed by atoms with Crippen molar-refractivity contribution in [3.05, 3.63) is 78.4 Å². The normalized spacial score (nSPS) is 11.7. The van der Waals surface area contributed by atoms with Gasteiger partial charge in [-0.05, 0) is 43.3 Å². The Bertz CT molecular complexity index is 1180. The average Bonchev–Trinajstić information content (AvgIpc) is 2.60. The van der Waals surface area contributed by atoms with Gasteiger partial charge in [-0.25, -0.2) is 4.98 Å². The molecule has 0 aliphatic heterocycles. The number of para-hydroxylation sites is 1. The van der Waals surface area contributed by atoms with E-state index in [9.17, 15) is 8.42 Å². The van der Waals surface area contributed by atoms with Crippen LogP contribution in [-0.2, 0) is 10.1 Å². The maximum Gasteiger partial charge on any atom is 0.339 e. The first kappa shape index (κ1) is 15.6. The molecule has 0 saturated carbocycles. The monoisotopic (exact) mass is 349 g/mol. The first-order valence-electron chi connectivity index (χ1n) is 7.83. The molecule has 124 valence electrons. The zero-order valence-electron chi connectivity index (χ0n) is 13.5. The minimum absolute atomic E-state index is 0.129. The molecular formula is C20H15NO3S. The van der Waals surface area contributed by atoms with Crippen molar-refractivity contribution in [3.63, 3.8) is 0 Å². The molecule has 5 heteroatoms. The molecule has 0 fully saturated rings. The SMILES string of the molecule is Cc1ccc(S(=O)(=O)Oc2cccc3nc4ccccc4cc23)cc1. The summed E-state index contributed by atoms with van der Waals surface area (Å²) in [6.45, 7) is 1.90. The quantitative estimate of drug-likeness (QED) is 0.405. The number of fused-ring (bicyclic) bond motifs is 2. The van der Waals surface area contributed by atoms with Gasteiger partial charge in [0.2, 0.25) is 0 Å². The van der Waals surface area contributed by atoms with Gasteiger partial charge in [-0.2, -0.15) is 8.42 Å². The minimum Gasteiger partial charge on any atom is -0.378 e. The molecule has 0 aliphatic rings. The van der Waals surface area contributed by atoms with Gasteiger partial charge in [0.15, 0.2) is 5.75 Å². The van der Waals surface area contributed by atoms with Crippen molar-refractivity contribution in [2.24, 2.45) is 0 Å². The molecular weight excluding hydrogens is 334 g/mol. The van der Waals surface area contributed by atoms with Crippen molar-refractivity contribution in [1.29, 1.82) is 0 Å². The summed E-state index contributed by atoms with van der Waals surface area (Å²) in [7, 11) is -3.90. The lowest BCUT2D eigenvalue weighted by atomic mass is 10.1. The summed E-state index contributed by atoms with van der Waals surface area (Å²) in [6, 6.07) is 21.4. The van der Waals surface area contributed by atoms with Crippen LogP contribution in [0.25, 0.3) is 21.8 Å². The number of benzene rings is 3. The molecule has 0 amide bonds. The molecule has 1 heterocycles. The molecule has 0 spiro atoms. The third-order valence-electron chi connectivity index (χ3n) is 4.03. The van der Waals surface area contributed by atoms with Crippen molar-refractivity contribution in [2.45, 2.75) is 11.8 Å². The van der Waals surface area contributed by atoms with Crippen LogP contribution < -0.4 is 4.18 Å². The third kappa shape index (κ3) is 2.94. The van der Waals surface area contributed by atoms with Gasteiger partial charge >= 0.3 is 10.1 Å². The Morgan fingerprint density at radius 1 is 0.840 bits per heavy atom. The van der Waals surface area contributed by atoms with E-state index in [2.05, 4.69) is 4.98 Å². The van der Waals surface area contributed by atoms with Crippen LogP contribution in [0.4, 0.5) is 0 Å². The number of hydrogen-bond donors (Lipinski definition) is 0. The second-order valence-electron chi connectivity index (χ2n) is 5.85. The number of nitrogens with zero attached hydrogens (tertiary/aromatic N) is 1. The van der Waals surface area contributed by atoms with Gasteiger partial charge in [-0.15, -0.1) is 0 Å². The molecule has 0 bridgehead atoms. The summed E-state index contributed by atoms with van der Waals surface area (Å²) in [6.07, 6.45) is 0. The van der Waals surface area contributed by atoms with E-state index < -0.39 is 10.1 Å². The van der Waals surface area contributed by atoms with Gasteiger partial charge in [0, 0.05) is 10.8 Å². The first-order chi connectivity index (χ1) is 12.0. The van der Waals surface area contributed by atoms with Crippen molar-refractivity contribution in [2.75, 3.05) is 0 Å². The Labute approximate surface area is 145 Å². The number of aromatic nitrogens is 1. The summed E-state index contributed by atoms with van der Waals surface area (Å²) in [5.41, 5.74) is 2.53. The molecule has 4 aromatic rings. The number of rotatable bonds is 3. The summed E-state index contributed by atoms with van der Waals surface area (Å²) < 4.78 is 30.6. The van der Waals surface area contributed by atoms with Crippen LogP contribution >= 0.6 is 0 Å². The van der Waals surface area contributed by atoms with Crippen LogP contribution in [0.5, 0.6) is 5.75 Å². The molecule has 1 aromatic heterocycles. The number of pyridine rings is 1. The highest BCUT2D eigenvalue weighted by Crippen LogP contribution is 2.30. The second kappa shape index (κ2) is 5.86. The Morgan fingerprint density at radius 2 is 1.56 bits per heavy atom. The summed E-state index contributed by atoms with van der Waals surface area (Å²) >= 11 is 0. The highest BCUT2D eigenvalue weighted by molar-refractivity contribution is 7.87. The van der Waals surface area contributed by atoms with Crippen LogP contribution in [0.15, 0.2) is 77.7 Å². The molecule has 0 aliphatic carbocycles. The molecule has 25 heavy (non-hydrogen) atoms. The van der Waals surface area contributed by atoms with E-state index >= 15 is 0 Å². The smallest absolute Gasteiger partial charge is 0.339 e. The first-order valence-corrected chi connectivity index (χ1v) is 9.23. The second-order valence-corrected chi connectivity index (χ2v) is 7.40. The molecule has 0 saturated heterocycles.